The van der Waals surface area contributed by atoms with Gasteiger partial charge in [-0.05, 0) is 111 Å². The Morgan fingerprint density at radius 3 is 2.02 bits per heavy atom. The van der Waals surface area contributed by atoms with Crippen LogP contribution in [0.25, 0.3) is 0 Å². The third-order valence-corrected chi connectivity index (χ3v) is 10.7. The van der Waals surface area contributed by atoms with Crippen LogP contribution in [0.3, 0.4) is 0 Å². The molecule has 2 aromatic rings. The van der Waals surface area contributed by atoms with Crippen LogP contribution in [-0.4, -0.2) is 57.6 Å². The molecular weight excluding hydrogens is 538 g/mol. The van der Waals surface area contributed by atoms with E-state index in [1.165, 1.54) is 49.0 Å². The summed E-state index contributed by atoms with van der Waals surface area (Å²) in [5, 5.41) is 2.78. The van der Waals surface area contributed by atoms with Crippen LogP contribution in [0.5, 0.6) is 5.75 Å². The molecule has 0 spiro atoms. The molecule has 2 amide bonds. The topological polar surface area (TPSA) is 96.0 Å². The molecule has 0 saturated heterocycles. The molecule has 0 aliphatic heterocycles. The van der Waals surface area contributed by atoms with Gasteiger partial charge in [-0.1, -0.05) is 24.3 Å². The molecule has 1 N–H and O–H groups in total. The number of hydrogen-bond acceptors (Lipinski definition) is 5. The van der Waals surface area contributed by atoms with E-state index in [0.717, 1.165) is 33.9 Å². The van der Waals surface area contributed by atoms with Crippen molar-refractivity contribution in [3.63, 3.8) is 0 Å². The molecule has 4 saturated carbocycles. The van der Waals surface area contributed by atoms with Crippen molar-refractivity contribution in [3.05, 3.63) is 59.7 Å². The highest BCUT2D eigenvalue weighted by Crippen LogP contribution is 2.60. The molecule has 1 atom stereocenters. The highest BCUT2D eigenvalue weighted by atomic mass is 32.2. The number of nitrogens with zero attached hydrogens (tertiary/aromatic N) is 2. The monoisotopic (exact) mass is 581 g/mol. The molecule has 4 bridgehead atoms. The van der Waals surface area contributed by atoms with E-state index in [0.29, 0.717) is 18.0 Å². The summed E-state index contributed by atoms with van der Waals surface area (Å²) in [6.07, 6.45) is 8.89. The van der Waals surface area contributed by atoms with Crippen molar-refractivity contribution in [2.45, 2.75) is 70.4 Å². The van der Waals surface area contributed by atoms with Crippen LogP contribution in [0.2, 0.25) is 0 Å². The van der Waals surface area contributed by atoms with Crippen molar-refractivity contribution >= 4 is 27.5 Å². The second-order valence-corrected chi connectivity index (χ2v) is 14.4. The molecule has 2 aromatic carbocycles. The molecule has 6 rings (SSSR count). The molecule has 4 aliphatic rings. The third-order valence-electron chi connectivity index (χ3n) is 9.52. The number of nitrogens with one attached hydrogen (secondary N) is 1. The van der Waals surface area contributed by atoms with Crippen molar-refractivity contribution in [1.29, 1.82) is 0 Å². The Balaban J connectivity index is 1.38. The lowest BCUT2D eigenvalue weighted by Crippen LogP contribution is -2.51. The molecule has 9 heteroatoms. The highest BCUT2D eigenvalue weighted by molar-refractivity contribution is 7.92. The summed E-state index contributed by atoms with van der Waals surface area (Å²) >= 11 is 0. The van der Waals surface area contributed by atoms with Crippen LogP contribution >= 0.6 is 0 Å². The van der Waals surface area contributed by atoms with Gasteiger partial charge >= 0.3 is 0 Å². The molecule has 0 heterocycles. The number of likely N-dealkylation sites (N-methyl/N-ethyl adjacent to an activating group) is 1. The quantitative estimate of drug-likeness (QED) is 0.422. The van der Waals surface area contributed by atoms with Gasteiger partial charge in [0, 0.05) is 13.1 Å². The van der Waals surface area contributed by atoms with E-state index in [-0.39, 0.29) is 17.9 Å². The van der Waals surface area contributed by atoms with Crippen LogP contribution in [-0.2, 0) is 31.6 Å². The number of hydrogen-bond donors (Lipinski definition) is 1. The van der Waals surface area contributed by atoms with Gasteiger partial charge in [0.1, 0.15) is 18.3 Å². The zero-order chi connectivity index (χ0) is 29.4. The summed E-state index contributed by atoms with van der Waals surface area (Å²) in [4.78, 5) is 28.0. The van der Waals surface area contributed by atoms with Crippen molar-refractivity contribution < 1.29 is 22.7 Å². The molecule has 222 valence electrons. The Labute approximate surface area is 244 Å². The van der Waals surface area contributed by atoms with Gasteiger partial charge < -0.3 is 15.0 Å². The van der Waals surface area contributed by atoms with E-state index < -0.39 is 28.5 Å². The number of carbonyl (C=O) groups is 2. The zero-order valence-corrected chi connectivity index (χ0v) is 25.5. The summed E-state index contributed by atoms with van der Waals surface area (Å²) in [5.41, 5.74) is 2.77. The van der Waals surface area contributed by atoms with Crippen molar-refractivity contribution in [3.8, 4) is 5.75 Å². The van der Waals surface area contributed by atoms with Gasteiger partial charge in [0.2, 0.25) is 21.8 Å². The number of sulfonamides is 1. The highest BCUT2D eigenvalue weighted by Gasteiger charge is 2.51. The lowest BCUT2D eigenvalue weighted by molar-refractivity contribution is -0.139. The molecule has 4 fully saturated rings. The van der Waals surface area contributed by atoms with Gasteiger partial charge in [-0.3, -0.25) is 13.9 Å². The minimum atomic E-state index is -3.77. The van der Waals surface area contributed by atoms with E-state index >= 15 is 0 Å². The van der Waals surface area contributed by atoms with Crippen molar-refractivity contribution in [2.75, 3.05) is 30.8 Å². The van der Waals surface area contributed by atoms with Gasteiger partial charge in [-0.15, -0.1) is 0 Å². The van der Waals surface area contributed by atoms with Crippen LogP contribution in [0.4, 0.5) is 5.69 Å². The number of amides is 2. The van der Waals surface area contributed by atoms with E-state index in [1.807, 2.05) is 31.2 Å². The summed E-state index contributed by atoms with van der Waals surface area (Å²) in [6.45, 7) is 3.68. The third kappa shape index (κ3) is 6.25. The fraction of sp³-hybridized carbons (Fsp3) is 0.562. The minimum absolute atomic E-state index is 0.156. The Bertz CT molecular complexity index is 1320. The maximum atomic E-state index is 13.8. The van der Waals surface area contributed by atoms with Crippen LogP contribution in [0, 0.1) is 17.8 Å². The smallest absolute Gasteiger partial charge is 0.244 e. The van der Waals surface area contributed by atoms with E-state index in [4.69, 9.17) is 4.74 Å². The van der Waals surface area contributed by atoms with E-state index in [1.54, 1.807) is 26.2 Å². The minimum Gasteiger partial charge on any atom is -0.497 e. The molecule has 4 aliphatic carbocycles. The predicted molar refractivity (Wildman–Crippen MR) is 160 cm³/mol. The Kier molecular flexibility index (Phi) is 8.37. The summed E-state index contributed by atoms with van der Waals surface area (Å²) in [7, 11) is -2.19. The lowest BCUT2D eigenvalue weighted by Gasteiger charge is -2.57. The fourth-order valence-electron chi connectivity index (χ4n) is 7.89. The first-order valence-electron chi connectivity index (χ1n) is 14.8. The first-order valence-corrected chi connectivity index (χ1v) is 16.6. The van der Waals surface area contributed by atoms with Crippen molar-refractivity contribution in [2.24, 2.45) is 17.8 Å². The number of ether oxygens (including phenoxy) is 1. The number of rotatable bonds is 11. The Morgan fingerprint density at radius 2 is 1.54 bits per heavy atom. The number of benzene rings is 2. The normalized spacial score (nSPS) is 25.4. The largest absolute Gasteiger partial charge is 0.497 e. The molecular formula is C32H43N3O5S. The number of anilines is 1. The van der Waals surface area contributed by atoms with Crippen LogP contribution in [0.15, 0.2) is 48.5 Å². The predicted octanol–water partition coefficient (Wildman–Crippen LogP) is 4.48. The summed E-state index contributed by atoms with van der Waals surface area (Å²) < 4.78 is 32.4. The van der Waals surface area contributed by atoms with Gasteiger partial charge in [0.25, 0.3) is 0 Å². The van der Waals surface area contributed by atoms with Crippen LogP contribution in [0.1, 0.15) is 63.5 Å². The van der Waals surface area contributed by atoms with Gasteiger partial charge in [-0.2, -0.15) is 0 Å². The molecule has 41 heavy (non-hydrogen) atoms. The fourth-order valence-corrected chi connectivity index (χ4v) is 8.74. The van der Waals surface area contributed by atoms with Gasteiger partial charge in [0.15, 0.2) is 0 Å². The van der Waals surface area contributed by atoms with Crippen LogP contribution < -0.4 is 14.4 Å². The van der Waals surface area contributed by atoms with E-state index in [2.05, 4.69) is 17.4 Å². The second kappa shape index (κ2) is 11.7. The standard InChI is InChI=1S/C32H43N3O5S/c1-5-33-31(37)22(2)34(20-23-6-12-29(40-3)13-7-23)30(36)21-35(41(4,38)39)28-10-8-27(9-11-28)32-17-24-14-25(18-32)16-26(15-24)19-32/h6-13,22,24-26H,5,14-21H2,1-4H3,(H,33,37). The summed E-state index contributed by atoms with van der Waals surface area (Å²) in [6, 6.07) is 14.3. The van der Waals surface area contributed by atoms with Crippen molar-refractivity contribution in [1.82, 2.24) is 10.2 Å². The number of carbonyl (C=O) groups excluding carboxylic acids is 2. The molecule has 1 unspecified atom stereocenters. The first-order chi connectivity index (χ1) is 19.5. The SMILES string of the molecule is CCNC(=O)C(C)N(Cc1ccc(OC)cc1)C(=O)CN(c1ccc(C23CC4CC(CC(C4)C2)C3)cc1)S(C)(=O)=O. The van der Waals surface area contributed by atoms with Gasteiger partial charge in [-0.25, -0.2) is 8.42 Å². The first kappa shape index (κ1) is 29.4. The van der Waals surface area contributed by atoms with E-state index in [9.17, 15) is 18.0 Å². The number of methoxy groups -OCH3 is 1. The van der Waals surface area contributed by atoms with Gasteiger partial charge in [0.05, 0.1) is 19.1 Å². The molecule has 8 nitrogen and oxygen atoms in total. The summed E-state index contributed by atoms with van der Waals surface area (Å²) in [5.74, 6) is 2.39. The second-order valence-electron chi connectivity index (χ2n) is 12.5. The average molecular weight is 582 g/mol. The average Bonchev–Trinajstić information content (AvgIpc) is 2.93. The maximum Gasteiger partial charge on any atom is 0.244 e. The Hall–Kier alpha value is -3.07. The Morgan fingerprint density at radius 1 is 0.976 bits per heavy atom. The maximum absolute atomic E-state index is 13.8. The molecule has 0 radical (unpaired) electrons. The lowest BCUT2D eigenvalue weighted by atomic mass is 9.48. The molecule has 0 aromatic heterocycles. The zero-order valence-electron chi connectivity index (χ0n) is 24.6.